The van der Waals surface area contributed by atoms with Crippen molar-refractivity contribution in [2.45, 2.75) is 24.8 Å². The first kappa shape index (κ1) is 12.6. The van der Waals surface area contributed by atoms with Crippen LogP contribution in [-0.4, -0.2) is 19.7 Å². The molecule has 1 aliphatic heterocycles. The van der Waals surface area contributed by atoms with Gasteiger partial charge in [-0.15, -0.1) is 0 Å². The number of nitrogens with one attached hydrogen (secondary N) is 1. The summed E-state index contributed by atoms with van der Waals surface area (Å²) in [7, 11) is 1.46. The SMILES string of the molecule is COc1ccc(C(F)(F)C2CCCN2)cc1Cl. The molecule has 0 aromatic heterocycles. The van der Waals surface area contributed by atoms with Crippen LogP contribution in [0.15, 0.2) is 18.2 Å². The average molecular weight is 262 g/mol. The van der Waals surface area contributed by atoms with Crippen LogP contribution in [0.5, 0.6) is 5.75 Å². The van der Waals surface area contributed by atoms with Crippen molar-refractivity contribution in [1.29, 1.82) is 0 Å². The molecule has 1 aromatic rings. The molecular formula is C12H14ClF2NO. The topological polar surface area (TPSA) is 21.3 Å². The van der Waals surface area contributed by atoms with E-state index in [1.807, 2.05) is 0 Å². The second-order valence-electron chi connectivity index (χ2n) is 4.12. The zero-order valence-corrected chi connectivity index (χ0v) is 10.2. The Kier molecular flexibility index (Phi) is 3.54. The number of methoxy groups -OCH3 is 1. The second kappa shape index (κ2) is 4.78. The fraction of sp³-hybridized carbons (Fsp3) is 0.500. The third kappa shape index (κ3) is 2.38. The molecule has 2 rings (SSSR count). The highest BCUT2D eigenvalue weighted by Crippen LogP contribution is 2.38. The zero-order valence-electron chi connectivity index (χ0n) is 9.47. The highest BCUT2D eigenvalue weighted by atomic mass is 35.5. The number of alkyl halides is 2. The van der Waals surface area contributed by atoms with E-state index in [4.69, 9.17) is 16.3 Å². The van der Waals surface area contributed by atoms with Crippen LogP contribution in [0.4, 0.5) is 8.78 Å². The third-order valence-corrected chi connectivity index (χ3v) is 3.33. The Morgan fingerprint density at radius 2 is 2.24 bits per heavy atom. The smallest absolute Gasteiger partial charge is 0.288 e. The van der Waals surface area contributed by atoms with Gasteiger partial charge in [-0.2, -0.15) is 8.78 Å². The molecule has 0 radical (unpaired) electrons. The van der Waals surface area contributed by atoms with Gasteiger partial charge >= 0.3 is 0 Å². The Hall–Kier alpha value is -0.870. The van der Waals surface area contributed by atoms with Gasteiger partial charge in [-0.1, -0.05) is 11.6 Å². The van der Waals surface area contributed by atoms with Crippen molar-refractivity contribution in [2.75, 3.05) is 13.7 Å². The summed E-state index contributed by atoms with van der Waals surface area (Å²) < 4.78 is 33.2. The molecular weight excluding hydrogens is 248 g/mol. The molecule has 0 amide bonds. The highest BCUT2D eigenvalue weighted by Gasteiger charge is 2.42. The van der Waals surface area contributed by atoms with Gasteiger partial charge in [0.2, 0.25) is 0 Å². The molecule has 17 heavy (non-hydrogen) atoms. The minimum Gasteiger partial charge on any atom is -0.495 e. The van der Waals surface area contributed by atoms with Gasteiger partial charge in [0.15, 0.2) is 0 Å². The van der Waals surface area contributed by atoms with Crippen LogP contribution in [0.1, 0.15) is 18.4 Å². The maximum absolute atomic E-state index is 14.1. The summed E-state index contributed by atoms with van der Waals surface area (Å²) >= 11 is 5.86. The largest absolute Gasteiger partial charge is 0.495 e. The van der Waals surface area contributed by atoms with Gasteiger partial charge in [-0.05, 0) is 37.6 Å². The minimum absolute atomic E-state index is 0.0669. The fourth-order valence-electron chi connectivity index (χ4n) is 2.07. The number of benzene rings is 1. The van der Waals surface area contributed by atoms with Crippen molar-refractivity contribution in [3.63, 3.8) is 0 Å². The van der Waals surface area contributed by atoms with Crippen molar-refractivity contribution < 1.29 is 13.5 Å². The van der Waals surface area contributed by atoms with E-state index in [0.717, 1.165) is 6.42 Å². The predicted molar refractivity (Wildman–Crippen MR) is 62.9 cm³/mol. The molecule has 0 aliphatic carbocycles. The van der Waals surface area contributed by atoms with E-state index in [0.29, 0.717) is 18.7 Å². The molecule has 1 heterocycles. The van der Waals surface area contributed by atoms with Crippen LogP contribution in [0.3, 0.4) is 0 Å². The summed E-state index contributed by atoms with van der Waals surface area (Å²) in [5, 5.41) is 3.03. The second-order valence-corrected chi connectivity index (χ2v) is 4.53. The van der Waals surface area contributed by atoms with E-state index in [9.17, 15) is 8.78 Å². The first-order valence-corrected chi connectivity index (χ1v) is 5.88. The molecule has 1 aromatic carbocycles. The van der Waals surface area contributed by atoms with Crippen LogP contribution in [0, 0.1) is 0 Å². The minimum atomic E-state index is -2.90. The van der Waals surface area contributed by atoms with Gasteiger partial charge < -0.3 is 10.1 Å². The quantitative estimate of drug-likeness (QED) is 0.902. The lowest BCUT2D eigenvalue weighted by molar-refractivity contribution is -0.0376. The number of halogens is 3. The van der Waals surface area contributed by atoms with Crippen molar-refractivity contribution >= 4 is 11.6 Å². The first-order valence-electron chi connectivity index (χ1n) is 5.51. The Bertz CT molecular complexity index is 405. The van der Waals surface area contributed by atoms with Crippen molar-refractivity contribution in [3.8, 4) is 5.75 Å². The highest BCUT2D eigenvalue weighted by molar-refractivity contribution is 6.32. The molecule has 1 atom stereocenters. The summed E-state index contributed by atoms with van der Waals surface area (Å²) in [4.78, 5) is 0. The standard InChI is InChI=1S/C12H14ClF2NO/c1-17-10-5-4-8(7-9(10)13)12(14,15)11-3-2-6-16-11/h4-5,7,11,16H,2-3,6H2,1H3. The molecule has 1 saturated heterocycles. The Labute approximate surface area is 104 Å². The van der Waals surface area contributed by atoms with Gasteiger partial charge in [0.25, 0.3) is 5.92 Å². The average Bonchev–Trinajstić information content (AvgIpc) is 2.83. The molecule has 94 valence electrons. The molecule has 1 N–H and O–H groups in total. The molecule has 2 nitrogen and oxygen atoms in total. The van der Waals surface area contributed by atoms with Crippen LogP contribution in [-0.2, 0) is 5.92 Å². The lowest BCUT2D eigenvalue weighted by atomic mass is 10.00. The Balaban J connectivity index is 2.29. The van der Waals surface area contributed by atoms with Gasteiger partial charge in [0.05, 0.1) is 18.2 Å². The third-order valence-electron chi connectivity index (χ3n) is 3.03. The molecule has 0 spiro atoms. The van der Waals surface area contributed by atoms with Crippen molar-refractivity contribution in [1.82, 2.24) is 5.32 Å². The molecule has 1 aliphatic rings. The van der Waals surface area contributed by atoms with Crippen LogP contribution >= 0.6 is 11.6 Å². The molecule has 0 bridgehead atoms. The Morgan fingerprint density at radius 1 is 1.47 bits per heavy atom. The predicted octanol–water partition coefficient (Wildman–Crippen LogP) is 3.19. The monoisotopic (exact) mass is 261 g/mol. The molecule has 5 heteroatoms. The summed E-state index contributed by atoms with van der Waals surface area (Å²) in [6.07, 6.45) is 1.26. The maximum atomic E-state index is 14.1. The van der Waals surface area contributed by atoms with Gasteiger partial charge in [-0.3, -0.25) is 0 Å². The molecule has 1 fully saturated rings. The summed E-state index contributed by atoms with van der Waals surface area (Å²) in [5.41, 5.74) is -0.0669. The van der Waals surface area contributed by atoms with Crippen LogP contribution < -0.4 is 10.1 Å². The number of hydrogen-bond donors (Lipinski definition) is 1. The van der Waals surface area contributed by atoms with E-state index >= 15 is 0 Å². The maximum Gasteiger partial charge on any atom is 0.288 e. The van der Waals surface area contributed by atoms with Crippen molar-refractivity contribution in [2.24, 2.45) is 0 Å². The summed E-state index contributed by atoms with van der Waals surface area (Å²) in [6.45, 7) is 0.643. The van der Waals surface area contributed by atoms with Crippen molar-refractivity contribution in [3.05, 3.63) is 28.8 Å². The lowest BCUT2D eigenvalue weighted by Gasteiger charge is -2.24. The van der Waals surface area contributed by atoms with Crippen LogP contribution in [0.2, 0.25) is 5.02 Å². The van der Waals surface area contributed by atoms with Gasteiger partial charge in [-0.25, -0.2) is 0 Å². The van der Waals surface area contributed by atoms with Crippen LogP contribution in [0.25, 0.3) is 0 Å². The zero-order chi connectivity index (χ0) is 12.5. The van der Waals surface area contributed by atoms with E-state index in [1.165, 1.54) is 25.3 Å². The molecule has 0 saturated carbocycles. The summed E-state index contributed by atoms with van der Waals surface area (Å²) in [5.74, 6) is -2.49. The Morgan fingerprint density at radius 3 is 2.76 bits per heavy atom. The normalized spacial score (nSPS) is 20.6. The van der Waals surface area contributed by atoms with E-state index < -0.39 is 12.0 Å². The van der Waals surface area contributed by atoms with Gasteiger partial charge in [0.1, 0.15) is 5.75 Å². The number of hydrogen-bond acceptors (Lipinski definition) is 2. The lowest BCUT2D eigenvalue weighted by Crippen LogP contribution is -2.38. The number of rotatable bonds is 3. The van der Waals surface area contributed by atoms with E-state index in [-0.39, 0.29) is 10.6 Å². The van der Waals surface area contributed by atoms with E-state index in [1.54, 1.807) is 0 Å². The number of ether oxygens (including phenoxy) is 1. The molecule has 1 unspecified atom stereocenters. The fourth-order valence-corrected chi connectivity index (χ4v) is 2.33. The first-order chi connectivity index (χ1) is 8.05. The summed E-state index contributed by atoms with van der Waals surface area (Å²) in [6, 6.07) is 3.32. The van der Waals surface area contributed by atoms with E-state index in [2.05, 4.69) is 5.32 Å². The van der Waals surface area contributed by atoms with Gasteiger partial charge in [0, 0.05) is 5.56 Å².